The lowest BCUT2D eigenvalue weighted by molar-refractivity contribution is 0.907. The molecular weight excluding hydrogens is 332 g/mol. The van der Waals surface area contributed by atoms with Gasteiger partial charge in [0, 0.05) is 15.0 Å². The van der Waals surface area contributed by atoms with E-state index in [4.69, 9.17) is 16.9 Å². The van der Waals surface area contributed by atoms with Crippen LogP contribution in [0.15, 0.2) is 34.8 Å². The summed E-state index contributed by atoms with van der Waals surface area (Å²) in [5, 5.41) is 12.2. The van der Waals surface area contributed by atoms with E-state index in [1.54, 1.807) is 23.5 Å². The van der Waals surface area contributed by atoms with Crippen LogP contribution in [0.2, 0.25) is 4.34 Å². The molecule has 1 aromatic heterocycles. The van der Waals surface area contributed by atoms with Crippen molar-refractivity contribution in [3.63, 3.8) is 0 Å². The Morgan fingerprint density at radius 1 is 1.39 bits per heavy atom. The van der Waals surface area contributed by atoms with E-state index in [1.807, 2.05) is 18.2 Å². The molecule has 0 amide bonds. The van der Waals surface area contributed by atoms with Crippen molar-refractivity contribution in [2.45, 2.75) is 13.0 Å². The molecule has 2 rings (SSSR count). The Labute approximate surface area is 123 Å². The molecule has 92 valence electrons. The molecule has 0 saturated carbocycles. The summed E-state index contributed by atoms with van der Waals surface area (Å²) in [7, 11) is 0. The van der Waals surface area contributed by atoms with E-state index in [1.165, 1.54) is 4.88 Å². The number of anilines is 1. The maximum atomic E-state index is 8.81. The van der Waals surface area contributed by atoms with Gasteiger partial charge in [0.1, 0.15) is 0 Å². The van der Waals surface area contributed by atoms with E-state index in [0.29, 0.717) is 5.56 Å². The third-order valence-corrected chi connectivity index (χ3v) is 4.56. The Balaban J connectivity index is 2.17. The Kier molecular flexibility index (Phi) is 4.28. The topological polar surface area (TPSA) is 35.8 Å². The summed E-state index contributed by atoms with van der Waals surface area (Å²) in [6, 6.07) is 11.7. The zero-order chi connectivity index (χ0) is 13.1. The maximum Gasteiger partial charge on any atom is 0.0992 e. The highest BCUT2D eigenvalue weighted by Gasteiger charge is 2.10. The van der Waals surface area contributed by atoms with Crippen LogP contribution in [0.25, 0.3) is 0 Å². The minimum Gasteiger partial charge on any atom is -0.377 e. The normalized spacial score (nSPS) is 11.9. The molecule has 1 aromatic carbocycles. The highest BCUT2D eigenvalue weighted by atomic mass is 79.9. The first-order valence-corrected chi connectivity index (χ1v) is 7.30. The van der Waals surface area contributed by atoms with Crippen molar-refractivity contribution in [1.82, 2.24) is 0 Å². The fourth-order valence-electron chi connectivity index (χ4n) is 1.57. The number of nitrogens with one attached hydrogen (secondary N) is 1. The predicted octanol–water partition coefficient (Wildman–Crippen LogP) is 5.21. The van der Waals surface area contributed by atoms with E-state index in [0.717, 1.165) is 14.5 Å². The summed E-state index contributed by atoms with van der Waals surface area (Å²) < 4.78 is 1.67. The van der Waals surface area contributed by atoms with Gasteiger partial charge in [0.15, 0.2) is 0 Å². The van der Waals surface area contributed by atoms with Gasteiger partial charge in [0.25, 0.3) is 0 Å². The zero-order valence-electron chi connectivity index (χ0n) is 9.58. The fourth-order valence-corrected chi connectivity index (χ4v) is 3.12. The lowest BCUT2D eigenvalue weighted by atomic mass is 10.2. The lowest BCUT2D eigenvalue weighted by Crippen LogP contribution is -2.05. The molecule has 0 saturated heterocycles. The van der Waals surface area contributed by atoms with Crippen LogP contribution in [0.5, 0.6) is 0 Å². The molecule has 0 aliphatic carbocycles. The SMILES string of the molecule is CC(Nc1ccc(C#N)cc1Br)c1ccc(Cl)s1. The molecule has 0 fully saturated rings. The van der Waals surface area contributed by atoms with E-state index < -0.39 is 0 Å². The summed E-state index contributed by atoms with van der Waals surface area (Å²) >= 11 is 10.9. The molecule has 0 bridgehead atoms. The van der Waals surface area contributed by atoms with Crippen molar-refractivity contribution in [1.29, 1.82) is 5.26 Å². The first-order chi connectivity index (χ1) is 8.60. The van der Waals surface area contributed by atoms with Crippen LogP contribution in [0.3, 0.4) is 0 Å². The van der Waals surface area contributed by atoms with Crippen molar-refractivity contribution in [2.24, 2.45) is 0 Å². The van der Waals surface area contributed by atoms with Gasteiger partial charge >= 0.3 is 0 Å². The second kappa shape index (κ2) is 5.75. The molecule has 2 aromatic rings. The van der Waals surface area contributed by atoms with Crippen molar-refractivity contribution < 1.29 is 0 Å². The molecule has 0 radical (unpaired) electrons. The third-order valence-electron chi connectivity index (χ3n) is 2.49. The Hall–Kier alpha value is -1.02. The molecule has 2 nitrogen and oxygen atoms in total. The molecule has 0 aliphatic heterocycles. The molecular formula is C13H10BrClN2S. The van der Waals surface area contributed by atoms with E-state index in [9.17, 15) is 0 Å². The number of hydrogen-bond acceptors (Lipinski definition) is 3. The summed E-state index contributed by atoms with van der Waals surface area (Å²) in [5.41, 5.74) is 1.60. The third kappa shape index (κ3) is 3.05. The number of nitriles is 1. The molecule has 1 heterocycles. The summed E-state index contributed by atoms with van der Waals surface area (Å²) in [6.07, 6.45) is 0. The first-order valence-electron chi connectivity index (χ1n) is 5.31. The van der Waals surface area contributed by atoms with Gasteiger partial charge in [-0.05, 0) is 53.2 Å². The predicted molar refractivity (Wildman–Crippen MR) is 80.2 cm³/mol. The Morgan fingerprint density at radius 2 is 2.17 bits per heavy atom. The van der Waals surface area contributed by atoms with E-state index in [-0.39, 0.29) is 6.04 Å². The zero-order valence-corrected chi connectivity index (χ0v) is 12.7. The van der Waals surface area contributed by atoms with Crippen LogP contribution >= 0.6 is 38.9 Å². The minimum absolute atomic E-state index is 0.173. The van der Waals surface area contributed by atoms with Gasteiger partial charge in [-0.2, -0.15) is 5.26 Å². The van der Waals surface area contributed by atoms with Gasteiger partial charge in [-0.25, -0.2) is 0 Å². The molecule has 1 unspecified atom stereocenters. The fraction of sp³-hybridized carbons (Fsp3) is 0.154. The average molecular weight is 342 g/mol. The average Bonchev–Trinajstić information content (AvgIpc) is 2.78. The number of rotatable bonds is 3. The molecule has 1 atom stereocenters. The van der Waals surface area contributed by atoms with Crippen LogP contribution < -0.4 is 5.32 Å². The van der Waals surface area contributed by atoms with Crippen LogP contribution in [0.1, 0.15) is 23.4 Å². The summed E-state index contributed by atoms with van der Waals surface area (Å²) in [4.78, 5) is 1.18. The summed E-state index contributed by atoms with van der Waals surface area (Å²) in [5.74, 6) is 0. The lowest BCUT2D eigenvalue weighted by Gasteiger charge is -2.15. The van der Waals surface area contributed by atoms with Gasteiger partial charge in [-0.1, -0.05) is 11.6 Å². The number of halogens is 2. The summed E-state index contributed by atoms with van der Waals surface area (Å²) in [6.45, 7) is 2.08. The largest absolute Gasteiger partial charge is 0.377 e. The highest BCUT2D eigenvalue weighted by molar-refractivity contribution is 9.10. The van der Waals surface area contributed by atoms with Gasteiger partial charge in [-0.15, -0.1) is 11.3 Å². The monoisotopic (exact) mass is 340 g/mol. The quantitative estimate of drug-likeness (QED) is 0.832. The Bertz CT molecular complexity index is 603. The number of thiophene rings is 1. The molecule has 5 heteroatoms. The number of hydrogen-bond donors (Lipinski definition) is 1. The van der Waals surface area contributed by atoms with Crippen molar-refractivity contribution in [3.05, 3.63) is 49.6 Å². The van der Waals surface area contributed by atoms with Crippen molar-refractivity contribution >= 4 is 44.6 Å². The van der Waals surface area contributed by atoms with Crippen LogP contribution in [0, 0.1) is 11.3 Å². The Morgan fingerprint density at radius 3 is 2.72 bits per heavy atom. The molecule has 18 heavy (non-hydrogen) atoms. The minimum atomic E-state index is 0.173. The second-order valence-corrected chi connectivity index (χ2v) is 6.42. The van der Waals surface area contributed by atoms with Crippen molar-refractivity contribution in [2.75, 3.05) is 5.32 Å². The molecule has 0 spiro atoms. The number of benzene rings is 1. The van der Waals surface area contributed by atoms with Crippen LogP contribution in [-0.2, 0) is 0 Å². The van der Waals surface area contributed by atoms with E-state index >= 15 is 0 Å². The van der Waals surface area contributed by atoms with Gasteiger partial charge < -0.3 is 5.32 Å². The van der Waals surface area contributed by atoms with Crippen LogP contribution in [-0.4, -0.2) is 0 Å². The molecule has 1 N–H and O–H groups in total. The van der Waals surface area contributed by atoms with Crippen molar-refractivity contribution in [3.8, 4) is 6.07 Å². The standard InChI is InChI=1S/C13H10BrClN2S/c1-8(12-4-5-13(15)18-12)17-11-3-2-9(7-16)6-10(11)14/h2-6,8,17H,1H3. The maximum absolute atomic E-state index is 8.81. The van der Waals surface area contributed by atoms with E-state index in [2.05, 4.69) is 34.2 Å². The molecule has 0 aliphatic rings. The highest BCUT2D eigenvalue weighted by Crippen LogP contribution is 2.31. The van der Waals surface area contributed by atoms with Gasteiger partial charge in [-0.3, -0.25) is 0 Å². The van der Waals surface area contributed by atoms with Gasteiger partial charge in [0.05, 0.1) is 22.0 Å². The first kappa shape index (κ1) is 13.4. The second-order valence-electron chi connectivity index (χ2n) is 3.81. The van der Waals surface area contributed by atoms with Gasteiger partial charge in [0.2, 0.25) is 0 Å². The van der Waals surface area contributed by atoms with Crippen LogP contribution in [0.4, 0.5) is 5.69 Å². The number of nitrogens with zero attached hydrogens (tertiary/aromatic N) is 1. The smallest absolute Gasteiger partial charge is 0.0992 e.